The van der Waals surface area contributed by atoms with E-state index in [1.807, 2.05) is 11.4 Å². The molecule has 94 valence electrons. The van der Waals surface area contributed by atoms with E-state index in [1.54, 1.807) is 0 Å². The lowest BCUT2D eigenvalue weighted by molar-refractivity contribution is 0.0999. The molecule has 7 heteroatoms. The van der Waals surface area contributed by atoms with E-state index in [2.05, 4.69) is 15.0 Å². The Hall–Kier alpha value is -2.54. The first-order valence-corrected chi connectivity index (χ1v) is 6.23. The van der Waals surface area contributed by atoms with Crippen LogP contribution in [0.2, 0.25) is 0 Å². The van der Waals surface area contributed by atoms with Crippen molar-refractivity contribution in [2.24, 2.45) is 5.73 Å². The molecule has 0 aliphatic carbocycles. The van der Waals surface area contributed by atoms with Crippen molar-refractivity contribution in [1.82, 2.24) is 15.0 Å². The van der Waals surface area contributed by atoms with Crippen LogP contribution in [0, 0.1) is 0 Å². The Morgan fingerprint density at radius 2 is 2.21 bits per heavy atom. The summed E-state index contributed by atoms with van der Waals surface area (Å²) in [5, 5.41) is 1.91. The summed E-state index contributed by atoms with van der Waals surface area (Å²) in [6, 6.07) is 3.41. The van der Waals surface area contributed by atoms with Crippen molar-refractivity contribution >= 4 is 27.5 Å². The van der Waals surface area contributed by atoms with E-state index in [-0.39, 0.29) is 5.56 Å². The van der Waals surface area contributed by atoms with Gasteiger partial charge in [0.1, 0.15) is 16.8 Å². The summed E-state index contributed by atoms with van der Waals surface area (Å²) in [4.78, 5) is 23.2. The molecule has 19 heavy (non-hydrogen) atoms. The molecule has 0 atom stereocenters. The molecule has 1 amide bonds. The number of primary amides is 1. The van der Waals surface area contributed by atoms with Crippen LogP contribution in [-0.4, -0.2) is 20.9 Å². The highest BCUT2D eigenvalue weighted by molar-refractivity contribution is 7.17. The van der Waals surface area contributed by atoms with E-state index in [1.165, 1.54) is 36.1 Å². The topological polar surface area (TPSA) is 91.0 Å². The van der Waals surface area contributed by atoms with Crippen LogP contribution in [-0.2, 0) is 0 Å². The van der Waals surface area contributed by atoms with Crippen molar-refractivity contribution in [3.63, 3.8) is 0 Å². The minimum atomic E-state index is -0.554. The molecule has 0 saturated carbocycles. The molecular formula is C12H8N4O2S. The van der Waals surface area contributed by atoms with Gasteiger partial charge in [-0.2, -0.15) is 0 Å². The molecule has 0 aliphatic heterocycles. The lowest BCUT2D eigenvalue weighted by Gasteiger charge is -2.05. The van der Waals surface area contributed by atoms with E-state index in [0.717, 1.165) is 10.2 Å². The van der Waals surface area contributed by atoms with Crippen LogP contribution in [0.1, 0.15) is 10.4 Å². The van der Waals surface area contributed by atoms with E-state index in [4.69, 9.17) is 10.5 Å². The number of pyridine rings is 1. The average molecular weight is 272 g/mol. The summed E-state index contributed by atoms with van der Waals surface area (Å²) in [5.74, 6) is 0.287. The molecule has 0 unspecified atom stereocenters. The van der Waals surface area contributed by atoms with Gasteiger partial charge in [0.25, 0.3) is 0 Å². The molecule has 3 aromatic rings. The van der Waals surface area contributed by atoms with Crippen molar-refractivity contribution in [1.29, 1.82) is 0 Å². The van der Waals surface area contributed by atoms with Crippen molar-refractivity contribution in [2.45, 2.75) is 0 Å². The summed E-state index contributed by atoms with van der Waals surface area (Å²) in [6.07, 6.45) is 4.31. The predicted octanol–water partition coefficient (Wildman–Crippen LogP) is 1.98. The zero-order chi connectivity index (χ0) is 13.2. The first-order valence-electron chi connectivity index (χ1n) is 5.35. The Morgan fingerprint density at radius 3 is 3.05 bits per heavy atom. The Kier molecular flexibility index (Phi) is 2.81. The number of nitrogens with zero attached hydrogens (tertiary/aromatic N) is 3. The van der Waals surface area contributed by atoms with Gasteiger partial charge in [0.2, 0.25) is 11.8 Å². The van der Waals surface area contributed by atoms with Crippen molar-refractivity contribution < 1.29 is 9.53 Å². The van der Waals surface area contributed by atoms with Crippen molar-refractivity contribution in [3.05, 3.63) is 41.8 Å². The second-order valence-electron chi connectivity index (χ2n) is 3.69. The van der Waals surface area contributed by atoms with E-state index >= 15 is 0 Å². The minimum absolute atomic E-state index is 0.286. The molecule has 6 nitrogen and oxygen atoms in total. The lowest BCUT2D eigenvalue weighted by Crippen LogP contribution is -2.11. The Morgan fingerprint density at radius 1 is 1.32 bits per heavy atom. The highest BCUT2D eigenvalue weighted by Crippen LogP contribution is 2.30. The summed E-state index contributed by atoms with van der Waals surface area (Å²) in [5.41, 5.74) is 6.29. The second-order valence-corrected chi connectivity index (χ2v) is 4.61. The van der Waals surface area contributed by atoms with Crippen molar-refractivity contribution in [2.75, 3.05) is 0 Å². The second kappa shape index (κ2) is 4.62. The zero-order valence-corrected chi connectivity index (χ0v) is 10.4. The van der Waals surface area contributed by atoms with Crippen LogP contribution in [0.5, 0.6) is 11.6 Å². The quantitative estimate of drug-likeness (QED) is 0.787. The smallest absolute Gasteiger partial charge is 0.250 e. The molecule has 0 aliphatic rings. The lowest BCUT2D eigenvalue weighted by atomic mass is 10.3. The number of amides is 1. The molecule has 0 aromatic carbocycles. The molecule has 3 aromatic heterocycles. The number of nitrogens with two attached hydrogens (primary N) is 1. The monoisotopic (exact) mass is 272 g/mol. The first kappa shape index (κ1) is 11.5. The van der Waals surface area contributed by atoms with Crippen LogP contribution < -0.4 is 10.5 Å². The zero-order valence-electron chi connectivity index (χ0n) is 9.61. The fraction of sp³-hybridized carbons (Fsp3) is 0. The van der Waals surface area contributed by atoms with Crippen LogP contribution in [0.25, 0.3) is 10.2 Å². The van der Waals surface area contributed by atoms with Gasteiger partial charge in [-0.1, -0.05) is 0 Å². The van der Waals surface area contributed by atoms with Gasteiger partial charge in [0, 0.05) is 6.20 Å². The number of ether oxygens (including phenoxy) is 1. The number of rotatable bonds is 3. The van der Waals surface area contributed by atoms with Gasteiger partial charge in [0.15, 0.2) is 0 Å². The third-order valence-electron chi connectivity index (χ3n) is 2.42. The maximum atomic E-state index is 11.1. The molecule has 0 bridgehead atoms. The van der Waals surface area contributed by atoms with Crippen LogP contribution >= 0.6 is 11.3 Å². The van der Waals surface area contributed by atoms with Gasteiger partial charge in [0.05, 0.1) is 17.3 Å². The molecule has 0 fully saturated rings. The van der Waals surface area contributed by atoms with Gasteiger partial charge in [-0.05, 0) is 17.5 Å². The normalized spacial score (nSPS) is 10.5. The van der Waals surface area contributed by atoms with Crippen LogP contribution in [0.15, 0.2) is 36.2 Å². The Bertz CT molecular complexity index is 756. The number of hydrogen-bond donors (Lipinski definition) is 1. The highest BCUT2D eigenvalue weighted by Gasteiger charge is 2.09. The SMILES string of the molecule is NC(=O)c1cncc(Oc2ncnc3ccsc23)c1. The number of carbonyl (C=O) groups excluding carboxylic acids is 1. The molecule has 0 spiro atoms. The fourth-order valence-corrected chi connectivity index (χ4v) is 2.33. The molecule has 2 N–H and O–H groups in total. The maximum Gasteiger partial charge on any atom is 0.250 e. The van der Waals surface area contributed by atoms with Gasteiger partial charge in [-0.3, -0.25) is 9.78 Å². The van der Waals surface area contributed by atoms with Gasteiger partial charge in [-0.25, -0.2) is 9.97 Å². The largest absolute Gasteiger partial charge is 0.436 e. The molecular weight excluding hydrogens is 264 g/mol. The van der Waals surface area contributed by atoms with Gasteiger partial charge in [-0.15, -0.1) is 11.3 Å². The van der Waals surface area contributed by atoms with Crippen molar-refractivity contribution in [3.8, 4) is 11.6 Å². The number of thiophene rings is 1. The predicted molar refractivity (Wildman–Crippen MR) is 70.2 cm³/mol. The summed E-state index contributed by atoms with van der Waals surface area (Å²) in [7, 11) is 0. The number of aromatic nitrogens is 3. The summed E-state index contributed by atoms with van der Waals surface area (Å²) < 4.78 is 6.47. The summed E-state index contributed by atoms with van der Waals surface area (Å²) in [6.45, 7) is 0. The molecule has 0 radical (unpaired) electrons. The fourth-order valence-electron chi connectivity index (χ4n) is 1.56. The van der Waals surface area contributed by atoms with Gasteiger partial charge < -0.3 is 10.5 Å². The maximum absolute atomic E-state index is 11.1. The van der Waals surface area contributed by atoms with E-state index in [9.17, 15) is 4.79 Å². The molecule has 3 heterocycles. The summed E-state index contributed by atoms with van der Waals surface area (Å²) >= 11 is 1.48. The number of carbonyl (C=O) groups is 1. The first-order chi connectivity index (χ1) is 9.24. The van der Waals surface area contributed by atoms with Gasteiger partial charge >= 0.3 is 0 Å². The van der Waals surface area contributed by atoms with E-state index < -0.39 is 5.91 Å². The highest BCUT2D eigenvalue weighted by atomic mass is 32.1. The van der Waals surface area contributed by atoms with Crippen LogP contribution in [0.4, 0.5) is 0 Å². The van der Waals surface area contributed by atoms with E-state index in [0.29, 0.717) is 11.6 Å². The third kappa shape index (κ3) is 2.23. The standard InChI is InChI=1S/C12H8N4O2S/c13-11(17)7-3-8(5-14-4-7)18-12-10-9(1-2-19-10)15-6-16-12/h1-6H,(H2,13,17). The number of fused-ring (bicyclic) bond motifs is 1. The molecule has 0 saturated heterocycles. The van der Waals surface area contributed by atoms with Crippen LogP contribution in [0.3, 0.4) is 0 Å². The Balaban J connectivity index is 1.99. The Labute approximate surface area is 111 Å². The minimum Gasteiger partial charge on any atom is -0.436 e. The third-order valence-corrected chi connectivity index (χ3v) is 3.31. The average Bonchev–Trinajstić information content (AvgIpc) is 2.88. The number of hydrogen-bond acceptors (Lipinski definition) is 6. The molecule has 3 rings (SSSR count).